The zero-order valence-electron chi connectivity index (χ0n) is 9.82. The number of amides is 1. The predicted molar refractivity (Wildman–Crippen MR) is 70.8 cm³/mol. The highest BCUT2D eigenvalue weighted by molar-refractivity contribution is 6.06. The van der Waals surface area contributed by atoms with Gasteiger partial charge in [-0.25, -0.2) is 0 Å². The molecule has 5 heteroatoms. The van der Waals surface area contributed by atoms with E-state index in [-0.39, 0.29) is 18.3 Å². The average Bonchev–Trinajstić information content (AvgIpc) is 2.63. The second-order valence-electron chi connectivity index (χ2n) is 4.66. The summed E-state index contributed by atoms with van der Waals surface area (Å²) in [6, 6.07) is 7.58. The summed E-state index contributed by atoms with van der Waals surface area (Å²) in [5.41, 5.74) is 2.09. The van der Waals surface area contributed by atoms with Crippen molar-refractivity contribution in [2.24, 2.45) is 0 Å². The molecule has 1 spiro atoms. The van der Waals surface area contributed by atoms with E-state index in [9.17, 15) is 4.79 Å². The van der Waals surface area contributed by atoms with E-state index < -0.39 is 5.41 Å². The summed E-state index contributed by atoms with van der Waals surface area (Å²) >= 11 is 0. The van der Waals surface area contributed by atoms with Crippen LogP contribution in [0.2, 0.25) is 0 Å². The van der Waals surface area contributed by atoms with Crippen LogP contribution >= 0.6 is 12.4 Å². The number of fused-ring (bicyclic) bond motifs is 2. The third-order valence-corrected chi connectivity index (χ3v) is 3.80. The average molecular weight is 264 g/mol. The van der Waals surface area contributed by atoms with Gasteiger partial charge in [0.15, 0.2) is 0 Å². The molecule has 1 saturated heterocycles. The largest absolute Gasteiger partial charge is 0.325 e. The van der Waals surface area contributed by atoms with Crippen LogP contribution < -0.4 is 10.6 Å². The fourth-order valence-corrected chi connectivity index (χ4v) is 2.83. The van der Waals surface area contributed by atoms with E-state index in [1.54, 1.807) is 6.07 Å². The Bertz CT molecular complexity index is 530. The summed E-state index contributed by atoms with van der Waals surface area (Å²) in [4.78, 5) is 12.2. The first kappa shape index (κ1) is 12.9. The Hall–Kier alpha value is -1.57. The fourth-order valence-electron chi connectivity index (χ4n) is 2.83. The van der Waals surface area contributed by atoms with Crippen LogP contribution in [0.3, 0.4) is 0 Å². The first-order chi connectivity index (χ1) is 8.26. The molecule has 0 bridgehead atoms. The van der Waals surface area contributed by atoms with Crippen molar-refractivity contribution >= 4 is 24.0 Å². The number of carbonyl (C=O) groups excluding carboxylic acids is 1. The Labute approximate surface area is 112 Å². The number of rotatable bonds is 0. The molecular formula is C13H14ClN3O. The molecule has 3 rings (SSSR count). The molecule has 18 heavy (non-hydrogen) atoms. The van der Waals surface area contributed by atoms with E-state index in [2.05, 4.69) is 16.7 Å². The molecule has 2 aliphatic heterocycles. The van der Waals surface area contributed by atoms with E-state index in [0.29, 0.717) is 5.56 Å². The van der Waals surface area contributed by atoms with Crippen molar-refractivity contribution in [3.05, 3.63) is 29.3 Å². The first-order valence-electron chi connectivity index (χ1n) is 5.83. The van der Waals surface area contributed by atoms with Gasteiger partial charge in [0, 0.05) is 5.69 Å². The van der Waals surface area contributed by atoms with Crippen molar-refractivity contribution in [3.63, 3.8) is 0 Å². The number of hydrogen-bond acceptors (Lipinski definition) is 3. The maximum Gasteiger partial charge on any atom is 0.235 e. The second kappa shape index (κ2) is 4.60. The molecular weight excluding hydrogens is 250 g/mol. The standard InChI is InChI=1S/C13H13N3O.ClH/c14-8-9-1-2-11-10(7-9)13(12(17)16-11)3-5-15-6-4-13;/h1-2,7,15H,3-6H2,(H,16,17);1H. The molecule has 1 aromatic carbocycles. The number of nitrogens with zero attached hydrogens (tertiary/aromatic N) is 1. The number of nitriles is 1. The van der Waals surface area contributed by atoms with E-state index in [0.717, 1.165) is 37.2 Å². The summed E-state index contributed by atoms with van der Waals surface area (Å²) < 4.78 is 0. The Morgan fingerprint density at radius 3 is 2.67 bits per heavy atom. The van der Waals surface area contributed by atoms with Crippen molar-refractivity contribution in [2.75, 3.05) is 18.4 Å². The summed E-state index contributed by atoms with van der Waals surface area (Å²) in [6.07, 6.45) is 1.61. The molecule has 0 radical (unpaired) electrons. The maximum atomic E-state index is 12.2. The van der Waals surface area contributed by atoms with E-state index >= 15 is 0 Å². The lowest BCUT2D eigenvalue weighted by Gasteiger charge is -2.32. The molecule has 1 amide bonds. The highest BCUT2D eigenvalue weighted by Gasteiger charge is 2.47. The Morgan fingerprint density at radius 2 is 2.00 bits per heavy atom. The van der Waals surface area contributed by atoms with Gasteiger partial charge in [-0.05, 0) is 49.7 Å². The molecule has 4 nitrogen and oxygen atoms in total. The van der Waals surface area contributed by atoms with Crippen LogP contribution in [0.25, 0.3) is 0 Å². The van der Waals surface area contributed by atoms with Gasteiger partial charge < -0.3 is 10.6 Å². The molecule has 0 unspecified atom stereocenters. The highest BCUT2D eigenvalue weighted by atomic mass is 35.5. The Morgan fingerprint density at radius 1 is 1.28 bits per heavy atom. The molecule has 1 aromatic rings. The topological polar surface area (TPSA) is 64.9 Å². The molecule has 2 aliphatic rings. The molecule has 2 heterocycles. The number of carbonyl (C=O) groups is 1. The van der Waals surface area contributed by atoms with E-state index in [1.807, 2.05) is 12.1 Å². The van der Waals surface area contributed by atoms with Crippen LogP contribution in [0.4, 0.5) is 5.69 Å². The molecule has 0 aliphatic carbocycles. The van der Waals surface area contributed by atoms with Gasteiger partial charge in [0.05, 0.1) is 17.0 Å². The fraction of sp³-hybridized carbons (Fsp3) is 0.385. The summed E-state index contributed by atoms with van der Waals surface area (Å²) in [5, 5.41) is 15.2. The van der Waals surface area contributed by atoms with Gasteiger partial charge in [0.2, 0.25) is 5.91 Å². The van der Waals surface area contributed by atoms with Gasteiger partial charge in [-0.1, -0.05) is 0 Å². The van der Waals surface area contributed by atoms with Crippen molar-refractivity contribution in [3.8, 4) is 6.07 Å². The lowest BCUT2D eigenvalue weighted by atomic mass is 9.74. The van der Waals surface area contributed by atoms with Crippen LogP contribution in [-0.4, -0.2) is 19.0 Å². The zero-order chi connectivity index (χ0) is 11.9. The third-order valence-electron chi connectivity index (χ3n) is 3.80. The molecule has 0 saturated carbocycles. The molecule has 0 atom stereocenters. The van der Waals surface area contributed by atoms with Crippen LogP contribution in [0, 0.1) is 11.3 Å². The monoisotopic (exact) mass is 263 g/mol. The lowest BCUT2D eigenvalue weighted by molar-refractivity contribution is -0.121. The molecule has 94 valence electrons. The van der Waals surface area contributed by atoms with Gasteiger partial charge in [-0.15, -0.1) is 12.4 Å². The molecule has 1 fully saturated rings. The van der Waals surface area contributed by atoms with E-state index in [1.165, 1.54) is 0 Å². The SMILES string of the molecule is Cl.N#Cc1ccc2c(c1)C1(CCNCC1)C(=O)N2. The predicted octanol–water partition coefficient (Wildman–Crippen LogP) is 1.55. The number of benzene rings is 1. The Kier molecular flexibility index (Phi) is 3.29. The van der Waals surface area contributed by atoms with Crippen molar-refractivity contribution < 1.29 is 4.79 Å². The zero-order valence-corrected chi connectivity index (χ0v) is 10.6. The number of halogens is 1. The van der Waals surface area contributed by atoms with Gasteiger partial charge in [-0.3, -0.25) is 4.79 Å². The van der Waals surface area contributed by atoms with E-state index in [4.69, 9.17) is 5.26 Å². The van der Waals surface area contributed by atoms with Crippen LogP contribution in [0.15, 0.2) is 18.2 Å². The molecule has 2 N–H and O–H groups in total. The minimum Gasteiger partial charge on any atom is -0.325 e. The normalized spacial score (nSPS) is 19.6. The smallest absolute Gasteiger partial charge is 0.235 e. The van der Waals surface area contributed by atoms with Crippen molar-refractivity contribution in [2.45, 2.75) is 18.3 Å². The molecule has 0 aromatic heterocycles. The number of anilines is 1. The van der Waals surface area contributed by atoms with Crippen LogP contribution in [-0.2, 0) is 10.2 Å². The van der Waals surface area contributed by atoms with Crippen LogP contribution in [0.1, 0.15) is 24.0 Å². The summed E-state index contributed by atoms with van der Waals surface area (Å²) in [5.74, 6) is 0.0871. The van der Waals surface area contributed by atoms with Gasteiger partial charge in [0.1, 0.15) is 0 Å². The number of piperidine rings is 1. The summed E-state index contributed by atoms with van der Waals surface area (Å²) in [7, 11) is 0. The summed E-state index contributed by atoms with van der Waals surface area (Å²) in [6.45, 7) is 1.70. The minimum absolute atomic E-state index is 0. The minimum atomic E-state index is -0.409. The van der Waals surface area contributed by atoms with Crippen molar-refractivity contribution in [1.29, 1.82) is 5.26 Å². The first-order valence-corrected chi connectivity index (χ1v) is 5.83. The Balaban J connectivity index is 0.00000120. The number of nitrogens with one attached hydrogen (secondary N) is 2. The maximum absolute atomic E-state index is 12.2. The van der Waals surface area contributed by atoms with Gasteiger partial charge in [0.25, 0.3) is 0 Å². The van der Waals surface area contributed by atoms with Crippen molar-refractivity contribution in [1.82, 2.24) is 5.32 Å². The quantitative estimate of drug-likeness (QED) is 0.747. The third kappa shape index (κ3) is 1.67. The number of hydrogen-bond donors (Lipinski definition) is 2. The van der Waals surface area contributed by atoms with Crippen LogP contribution in [0.5, 0.6) is 0 Å². The van der Waals surface area contributed by atoms with Gasteiger partial charge >= 0.3 is 0 Å². The lowest BCUT2D eigenvalue weighted by Crippen LogP contribution is -2.44. The van der Waals surface area contributed by atoms with Gasteiger partial charge in [-0.2, -0.15) is 5.26 Å². The second-order valence-corrected chi connectivity index (χ2v) is 4.66. The highest BCUT2D eigenvalue weighted by Crippen LogP contribution is 2.43.